The lowest BCUT2D eigenvalue weighted by Crippen LogP contribution is -2.58. The standard InChI is InChI=1S/C31H35N4O6P/c1-23-19-35(30(37)32-29(23)36)28-21-34(20-27(41-28)22-40-42(38,39)33(2)3)31(24-13-7-4-8-14-24,25-15-9-5-10-16-25)26-17-11-6-12-18-26/h4-19,27-28H,20-22H2,1-3H3,(H,38,39)(H,32,36,37)/t27-,28+/m0/s1. The van der Waals surface area contributed by atoms with Gasteiger partial charge < -0.3 is 9.63 Å². The third-order valence-electron chi connectivity index (χ3n) is 7.59. The molecule has 11 heteroatoms. The second-order valence-corrected chi connectivity index (χ2v) is 12.6. The van der Waals surface area contributed by atoms with Crippen LogP contribution >= 0.6 is 7.75 Å². The number of aromatic nitrogens is 2. The quantitative estimate of drug-likeness (QED) is 0.224. The van der Waals surface area contributed by atoms with Crippen LogP contribution in [-0.4, -0.2) is 63.9 Å². The van der Waals surface area contributed by atoms with E-state index in [1.54, 1.807) is 6.92 Å². The molecule has 1 aliphatic heterocycles. The third-order valence-corrected chi connectivity index (χ3v) is 9.09. The zero-order valence-corrected chi connectivity index (χ0v) is 24.7. The molecular formula is C31H35N4O6P. The Morgan fingerprint density at radius 3 is 1.90 bits per heavy atom. The van der Waals surface area contributed by atoms with Crippen LogP contribution in [0.15, 0.2) is 107 Å². The fraction of sp³-hybridized carbons (Fsp3) is 0.290. The molecule has 10 nitrogen and oxygen atoms in total. The van der Waals surface area contributed by atoms with E-state index in [9.17, 15) is 19.0 Å². The Morgan fingerprint density at radius 1 is 0.929 bits per heavy atom. The molecule has 4 aromatic rings. The van der Waals surface area contributed by atoms with Gasteiger partial charge in [0.25, 0.3) is 5.56 Å². The van der Waals surface area contributed by atoms with E-state index in [2.05, 4.69) is 46.3 Å². The second-order valence-electron chi connectivity index (χ2n) is 10.5. The molecule has 1 aliphatic rings. The number of nitrogens with one attached hydrogen (secondary N) is 1. The zero-order chi connectivity index (χ0) is 29.9. The number of morpholine rings is 1. The molecule has 1 fully saturated rings. The molecule has 42 heavy (non-hydrogen) atoms. The first-order valence-electron chi connectivity index (χ1n) is 13.7. The van der Waals surface area contributed by atoms with Gasteiger partial charge in [-0.05, 0) is 37.7 Å². The molecule has 1 unspecified atom stereocenters. The second kappa shape index (κ2) is 12.3. The number of nitrogens with zero attached hydrogens (tertiary/aromatic N) is 3. The van der Waals surface area contributed by atoms with E-state index in [0.29, 0.717) is 12.1 Å². The molecule has 0 radical (unpaired) electrons. The van der Waals surface area contributed by atoms with Crippen molar-refractivity contribution in [3.05, 3.63) is 140 Å². The van der Waals surface area contributed by atoms with Crippen molar-refractivity contribution in [3.63, 3.8) is 0 Å². The molecule has 5 rings (SSSR count). The van der Waals surface area contributed by atoms with E-state index in [1.807, 2.05) is 54.6 Å². The largest absolute Gasteiger partial charge is 0.405 e. The number of benzene rings is 3. The highest BCUT2D eigenvalue weighted by molar-refractivity contribution is 7.50. The minimum atomic E-state index is -4.06. The molecule has 0 amide bonds. The Kier molecular flexibility index (Phi) is 8.75. The first kappa shape index (κ1) is 29.8. The molecule has 1 saturated heterocycles. The molecule has 0 aliphatic carbocycles. The summed E-state index contributed by atoms with van der Waals surface area (Å²) in [5, 5.41) is 0. The van der Waals surface area contributed by atoms with Gasteiger partial charge in [0.15, 0.2) is 6.23 Å². The van der Waals surface area contributed by atoms with Crippen molar-refractivity contribution in [2.24, 2.45) is 0 Å². The average molecular weight is 591 g/mol. The molecule has 0 bridgehead atoms. The van der Waals surface area contributed by atoms with Gasteiger partial charge in [-0.25, -0.2) is 14.0 Å². The maximum atomic E-state index is 13.1. The summed E-state index contributed by atoms with van der Waals surface area (Å²) in [6.07, 6.45) is -0.0682. The Bertz CT molecular complexity index is 1560. The molecular weight excluding hydrogens is 555 g/mol. The van der Waals surface area contributed by atoms with E-state index in [4.69, 9.17) is 9.26 Å². The van der Waals surface area contributed by atoms with E-state index in [-0.39, 0.29) is 13.2 Å². The summed E-state index contributed by atoms with van der Waals surface area (Å²) in [5.74, 6) is 0. The number of aryl methyl sites for hydroxylation is 1. The number of H-pyrrole nitrogens is 1. The van der Waals surface area contributed by atoms with Crippen LogP contribution in [0.3, 0.4) is 0 Å². The van der Waals surface area contributed by atoms with Crippen molar-refractivity contribution < 1.29 is 18.7 Å². The van der Waals surface area contributed by atoms with Crippen molar-refractivity contribution in [2.75, 3.05) is 33.8 Å². The van der Waals surface area contributed by atoms with Crippen molar-refractivity contribution in [2.45, 2.75) is 24.8 Å². The van der Waals surface area contributed by atoms with E-state index in [1.165, 1.54) is 24.9 Å². The summed E-state index contributed by atoms with van der Waals surface area (Å²) >= 11 is 0. The lowest BCUT2D eigenvalue weighted by molar-refractivity contribution is -0.149. The van der Waals surface area contributed by atoms with Crippen LogP contribution in [-0.2, 0) is 19.4 Å². The van der Waals surface area contributed by atoms with Gasteiger partial charge in [0.05, 0.1) is 18.2 Å². The van der Waals surface area contributed by atoms with Crippen LogP contribution in [0.4, 0.5) is 0 Å². The van der Waals surface area contributed by atoms with Gasteiger partial charge >= 0.3 is 13.4 Å². The lowest BCUT2D eigenvalue weighted by Gasteiger charge is -2.50. The van der Waals surface area contributed by atoms with Crippen molar-refractivity contribution in [1.82, 2.24) is 19.1 Å². The van der Waals surface area contributed by atoms with Gasteiger partial charge in [0, 0.05) is 24.8 Å². The molecule has 3 aromatic carbocycles. The van der Waals surface area contributed by atoms with E-state index < -0.39 is 36.9 Å². The summed E-state index contributed by atoms with van der Waals surface area (Å²) in [6, 6.07) is 30.2. The smallest absolute Gasteiger partial charge is 0.350 e. The van der Waals surface area contributed by atoms with Crippen molar-refractivity contribution in [3.8, 4) is 0 Å². The predicted octanol–water partition coefficient (Wildman–Crippen LogP) is 3.72. The first-order valence-corrected chi connectivity index (χ1v) is 15.2. The predicted molar refractivity (Wildman–Crippen MR) is 160 cm³/mol. The van der Waals surface area contributed by atoms with Gasteiger partial charge in [-0.3, -0.25) is 23.8 Å². The normalized spacial score (nSPS) is 19.5. The molecule has 3 atom stereocenters. The number of rotatable bonds is 9. The Labute approximate surface area is 244 Å². The van der Waals surface area contributed by atoms with Crippen LogP contribution in [0, 0.1) is 6.92 Å². The van der Waals surface area contributed by atoms with Crippen LogP contribution in [0.2, 0.25) is 0 Å². The Morgan fingerprint density at radius 2 is 1.43 bits per heavy atom. The van der Waals surface area contributed by atoms with Gasteiger partial charge in [-0.1, -0.05) is 91.0 Å². The highest BCUT2D eigenvalue weighted by Crippen LogP contribution is 2.46. The Hall–Kier alpha value is -3.63. The summed E-state index contributed by atoms with van der Waals surface area (Å²) in [4.78, 5) is 40.2. The maximum absolute atomic E-state index is 13.1. The monoisotopic (exact) mass is 590 g/mol. The summed E-state index contributed by atoms with van der Waals surface area (Å²) in [5.41, 5.74) is 1.42. The van der Waals surface area contributed by atoms with E-state index in [0.717, 1.165) is 21.4 Å². The minimum Gasteiger partial charge on any atom is -0.350 e. The van der Waals surface area contributed by atoms with Crippen molar-refractivity contribution >= 4 is 7.75 Å². The van der Waals surface area contributed by atoms with E-state index >= 15 is 0 Å². The van der Waals surface area contributed by atoms with Gasteiger partial charge in [0.1, 0.15) is 0 Å². The highest BCUT2D eigenvalue weighted by atomic mass is 31.2. The fourth-order valence-corrected chi connectivity index (χ4v) is 6.11. The van der Waals surface area contributed by atoms with Crippen molar-refractivity contribution in [1.29, 1.82) is 0 Å². The number of hydrogen-bond donors (Lipinski definition) is 2. The molecule has 1 aromatic heterocycles. The average Bonchev–Trinajstić information content (AvgIpc) is 3.00. The SMILES string of the molecule is Cc1cn([C@H]2CN(C(c3ccccc3)(c3ccccc3)c3ccccc3)C[C@@H](COP(=O)(O)N(C)C)O2)c(=O)[nH]c1=O. The number of hydrogen-bond acceptors (Lipinski definition) is 6. The molecule has 2 N–H and O–H groups in total. The zero-order valence-electron chi connectivity index (χ0n) is 23.8. The molecule has 0 saturated carbocycles. The third kappa shape index (κ3) is 5.83. The summed E-state index contributed by atoms with van der Waals surface area (Å²) in [6.45, 7) is 1.98. The van der Waals surface area contributed by atoms with Crippen LogP contribution in [0.5, 0.6) is 0 Å². The first-order chi connectivity index (χ1) is 20.1. The minimum absolute atomic E-state index is 0.204. The lowest BCUT2D eigenvalue weighted by atomic mass is 9.75. The summed E-state index contributed by atoms with van der Waals surface area (Å²) < 4.78 is 27.1. The number of aromatic amines is 1. The molecule has 220 valence electrons. The maximum Gasteiger partial charge on any atom is 0.405 e. The molecule has 0 spiro atoms. The van der Waals surface area contributed by atoms with Crippen LogP contribution in [0.25, 0.3) is 0 Å². The number of ether oxygens (including phenoxy) is 1. The topological polar surface area (TPSA) is 117 Å². The van der Waals surface area contributed by atoms with Crippen LogP contribution in [0.1, 0.15) is 28.5 Å². The summed E-state index contributed by atoms with van der Waals surface area (Å²) in [7, 11) is -1.13. The Balaban J connectivity index is 1.70. The van der Waals surface area contributed by atoms with Gasteiger partial charge in [-0.15, -0.1) is 0 Å². The van der Waals surface area contributed by atoms with Gasteiger partial charge in [-0.2, -0.15) is 0 Å². The van der Waals surface area contributed by atoms with Gasteiger partial charge in [0.2, 0.25) is 0 Å². The fourth-order valence-electron chi connectivity index (χ4n) is 5.52. The molecule has 2 heterocycles. The highest BCUT2D eigenvalue weighted by Gasteiger charge is 2.46. The van der Waals surface area contributed by atoms with Crippen LogP contribution < -0.4 is 11.2 Å².